The summed E-state index contributed by atoms with van der Waals surface area (Å²) < 4.78 is 19.8. The Balaban J connectivity index is 1.68. The van der Waals surface area contributed by atoms with Crippen molar-refractivity contribution < 1.29 is 9.13 Å². The second-order valence-corrected chi connectivity index (χ2v) is 9.26. The standard InChI is InChI=1S/C24H35FN6O/c1-16-8-7-11-18(14-16)31(19-12-13-21(32-2)20(25)15-19)24-29-22(26)28-23(30-24)27-17-9-5-3-4-6-10-17/h12-13,15-18H,3-11,14H2,1-2H3,(H3,26,27,28,29,30). The third kappa shape index (κ3) is 5.40. The molecule has 0 bridgehead atoms. The first kappa shape index (κ1) is 22.6. The number of aromatic nitrogens is 3. The molecule has 1 aromatic carbocycles. The number of nitrogens with zero attached hydrogens (tertiary/aromatic N) is 4. The number of hydrogen-bond donors (Lipinski definition) is 2. The van der Waals surface area contributed by atoms with Gasteiger partial charge in [0.05, 0.1) is 7.11 Å². The van der Waals surface area contributed by atoms with Gasteiger partial charge < -0.3 is 20.7 Å². The fourth-order valence-electron chi connectivity index (χ4n) is 5.09. The molecule has 2 saturated carbocycles. The van der Waals surface area contributed by atoms with Crippen LogP contribution in [0.4, 0.5) is 27.9 Å². The van der Waals surface area contributed by atoms with Crippen LogP contribution in [0.3, 0.4) is 0 Å². The van der Waals surface area contributed by atoms with Gasteiger partial charge in [0, 0.05) is 23.8 Å². The summed E-state index contributed by atoms with van der Waals surface area (Å²) in [6.45, 7) is 2.26. The lowest BCUT2D eigenvalue weighted by atomic mass is 9.86. The fourth-order valence-corrected chi connectivity index (χ4v) is 5.09. The highest BCUT2D eigenvalue weighted by Crippen LogP contribution is 2.36. The summed E-state index contributed by atoms with van der Waals surface area (Å²) in [7, 11) is 1.47. The number of anilines is 4. The molecule has 0 spiro atoms. The number of nitrogens with one attached hydrogen (secondary N) is 1. The zero-order valence-corrected chi connectivity index (χ0v) is 19.2. The number of halogens is 1. The van der Waals surface area contributed by atoms with Crippen molar-refractivity contribution >= 4 is 23.5 Å². The quantitative estimate of drug-likeness (QED) is 0.575. The predicted octanol–water partition coefficient (Wildman–Crippen LogP) is 5.45. The minimum Gasteiger partial charge on any atom is -0.494 e. The second-order valence-electron chi connectivity index (χ2n) is 9.26. The maximum atomic E-state index is 14.6. The van der Waals surface area contributed by atoms with Gasteiger partial charge in [-0.3, -0.25) is 0 Å². The Morgan fingerprint density at radius 3 is 2.50 bits per heavy atom. The molecule has 2 atom stereocenters. The summed E-state index contributed by atoms with van der Waals surface area (Å²) >= 11 is 0. The molecule has 8 heteroatoms. The molecule has 0 saturated heterocycles. The van der Waals surface area contributed by atoms with E-state index in [0.29, 0.717) is 29.5 Å². The highest BCUT2D eigenvalue weighted by atomic mass is 19.1. The lowest BCUT2D eigenvalue weighted by Crippen LogP contribution is -2.36. The van der Waals surface area contributed by atoms with Crippen molar-refractivity contribution in [1.29, 1.82) is 0 Å². The van der Waals surface area contributed by atoms with E-state index in [2.05, 4.69) is 22.2 Å². The summed E-state index contributed by atoms with van der Waals surface area (Å²) in [5.41, 5.74) is 6.82. The van der Waals surface area contributed by atoms with Gasteiger partial charge in [-0.05, 0) is 43.7 Å². The van der Waals surface area contributed by atoms with E-state index < -0.39 is 5.82 Å². The van der Waals surface area contributed by atoms with Crippen LogP contribution in [-0.2, 0) is 0 Å². The summed E-state index contributed by atoms with van der Waals surface area (Å²) in [6.07, 6.45) is 11.5. The topological polar surface area (TPSA) is 89.2 Å². The maximum absolute atomic E-state index is 14.6. The van der Waals surface area contributed by atoms with Crippen molar-refractivity contribution in [3.63, 3.8) is 0 Å². The van der Waals surface area contributed by atoms with Crippen molar-refractivity contribution in [3.05, 3.63) is 24.0 Å². The molecule has 0 aliphatic heterocycles. The van der Waals surface area contributed by atoms with E-state index in [4.69, 9.17) is 15.5 Å². The molecular formula is C24H35FN6O. The third-order valence-electron chi connectivity index (χ3n) is 6.73. The molecule has 32 heavy (non-hydrogen) atoms. The van der Waals surface area contributed by atoms with E-state index in [1.807, 2.05) is 11.0 Å². The predicted molar refractivity (Wildman–Crippen MR) is 126 cm³/mol. The number of methoxy groups -OCH3 is 1. The van der Waals surface area contributed by atoms with Crippen molar-refractivity contribution in [2.45, 2.75) is 83.2 Å². The summed E-state index contributed by atoms with van der Waals surface area (Å²) in [4.78, 5) is 15.6. The van der Waals surface area contributed by atoms with Gasteiger partial charge in [-0.2, -0.15) is 15.0 Å². The number of nitrogen functional groups attached to an aromatic ring is 1. The number of ether oxygens (including phenoxy) is 1. The van der Waals surface area contributed by atoms with Crippen LogP contribution in [0.1, 0.15) is 71.1 Å². The first-order valence-electron chi connectivity index (χ1n) is 11.9. The van der Waals surface area contributed by atoms with Gasteiger partial charge in [-0.25, -0.2) is 4.39 Å². The summed E-state index contributed by atoms with van der Waals surface area (Å²) in [5, 5.41) is 3.49. The largest absolute Gasteiger partial charge is 0.494 e. The Morgan fingerprint density at radius 2 is 1.81 bits per heavy atom. The van der Waals surface area contributed by atoms with Crippen LogP contribution in [0.25, 0.3) is 0 Å². The Bertz CT molecular complexity index is 902. The van der Waals surface area contributed by atoms with Crippen LogP contribution >= 0.6 is 0 Å². The summed E-state index contributed by atoms with van der Waals surface area (Å²) in [6, 6.07) is 5.52. The van der Waals surface area contributed by atoms with E-state index >= 15 is 0 Å². The van der Waals surface area contributed by atoms with Crippen molar-refractivity contribution in [2.24, 2.45) is 5.92 Å². The van der Waals surface area contributed by atoms with Gasteiger partial charge in [0.15, 0.2) is 11.6 Å². The Labute approximate surface area is 190 Å². The summed E-state index contributed by atoms with van der Waals surface area (Å²) in [5.74, 6) is 1.55. The van der Waals surface area contributed by atoms with Crippen molar-refractivity contribution in [1.82, 2.24) is 15.0 Å². The second kappa shape index (κ2) is 10.3. The highest BCUT2D eigenvalue weighted by molar-refractivity contribution is 5.61. The average molecular weight is 443 g/mol. The maximum Gasteiger partial charge on any atom is 0.236 e. The van der Waals surface area contributed by atoms with E-state index in [1.54, 1.807) is 6.07 Å². The SMILES string of the molecule is COc1ccc(N(c2nc(N)nc(NC3CCCCCC3)n2)C2CCCC(C)C2)cc1F. The van der Waals surface area contributed by atoms with Gasteiger partial charge >= 0.3 is 0 Å². The van der Waals surface area contributed by atoms with Crippen molar-refractivity contribution in [3.8, 4) is 5.75 Å². The van der Waals surface area contributed by atoms with Gasteiger partial charge in [0.25, 0.3) is 0 Å². The Hall–Kier alpha value is -2.64. The Kier molecular flexibility index (Phi) is 7.27. The molecule has 1 heterocycles. The highest BCUT2D eigenvalue weighted by Gasteiger charge is 2.29. The Morgan fingerprint density at radius 1 is 1.03 bits per heavy atom. The average Bonchev–Trinajstić information content (AvgIpc) is 3.02. The van der Waals surface area contributed by atoms with Crippen LogP contribution in [0, 0.1) is 11.7 Å². The third-order valence-corrected chi connectivity index (χ3v) is 6.73. The van der Waals surface area contributed by atoms with Crippen LogP contribution in [0.15, 0.2) is 18.2 Å². The lowest BCUT2D eigenvalue weighted by molar-refractivity contribution is 0.339. The smallest absolute Gasteiger partial charge is 0.236 e. The molecular weight excluding hydrogens is 407 g/mol. The fraction of sp³-hybridized carbons (Fsp3) is 0.625. The molecule has 2 aliphatic carbocycles. The van der Waals surface area contributed by atoms with Crippen molar-refractivity contribution in [2.75, 3.05) is 23.1 Å². The molecule has 2 aliphatic rings. The van der Waals surface area contributed by atoms with Crippen LogP contribution < -0.4 is 20.7 Å². The molecule has 174 valence electrons. The normalized spacial score (nSPS) is 22.2. The van der Waals surface area contributed by atoms with Gasteiger partial charge in [0.1, 0.15) is 0 Å². The van der Waals surface area contributed by atoms with E-state index in [1.165, 1.54) is 45.3 Å². The van der Waals surface area contributed by atoms with Crippen LogP contribution in [0.2, 0.25) is 0 Å². The number of benzene rings is 1. The minimum absolute atomic E-state index is 0.166. The number of rotatable bonds is 6. The monoisotopic (exact) mass is 442 g/mol. The molecule has 7 nitrogen and oxygen atoms in total. The van der Waals surface area contributed by atoms with Crippen LogP contribution in [-0.4, -0.2) is 34.1 Å². The molecule has 0 radical (unpaired) electrons. The minimum atomic E-state index is -0.405. The zero-order chi connectivity index (χ0) is 22.5. The van der Waals surface area contributed by atoms with Gasteiger partial charge in [-0.15, -0.1) is 0 Å². The van der Waals surface area contributed by atoms with E-state index in [-0.39, 0.29) is 17.7 Å². The molecule has 0 amide bonds. The number of nitrogens with two attached hydrogens (primary N) is 1. The van der Waals surface area contributed by atoms with Gasteiger partial charge in [-0.1, -0.05) is 45.4 Å². The number of hydrogen-bond acceptors (Lipinski definition) is 7. The molecule has 3 N–H and O–H groups in total. The first-order valence-corrected chi connectivity index (χ1v) is 11.9. The van der Waals surface area contributed by atoms with E-state index in [9.17, 15) is 4.39 Å². The molecule has 2 fully saturated rings. The zero-order valence-electron chi connectivity index (χ0n) is 19.2. The van der Waals surface area contributed by atoms with E-state index in [0.717, 1.165) is 32.1 Å². The molecule has 4 rings (SSSR count). The molecule has 2 unspecified atom stereocenters. The van der Waals surface area contributed by atoms with Crippen LogP contribution in [0.5, 0.6) is 5.75 Å². The molecule has 1 aromatic heterocycles. The lowest BCUT2D eigenvalue weighted by Gasteiger charge is -2.37. The first-order chi connectivity index (χ1) is 15.5. The molecule has 2 aromatic rings. The van der Waals surface area contributed by atoms with Gasteiger partial charge in [0.2, 0.25) is 17.8 Å².